The molecule has 24 heavy (non-hydrogen) atoms. The average Bonchev–Trinajstić information content (AvgIpc) is 2.53. The Balaban J connectivity index is 2.34. The fourth-order valence-corrected chi connectivity index (χ4v) is 3.43. The fraction of sp³-hybridized carbons (Fsp3) is 0.294. The van der Waals surface area contributed by atoms with Crippen LogP contribution in [0.4, 0.5) is 5.69 Å². The Bertz CT molecular complexity index is 821. The molecular formula is C17H20BrNO4S. The summed E-state index contributed by atoms with van der Waals surface area (Å²) in [5.74, 6) is 0.937. The molecule has 2 rings (SSSR count). The number of anilines is 1. The van der Waals surface area contributed by atoms with Crippen molar-refractivity contribution in [2.45, 2.75) is 25.7 Å². The van der Waals surface area contributed by atoms with Gasteiger partial charge in [0.2, 0.25) is 0 Å². The lowest BCUT2D eigenvalue weighted by Crippen LogP contribution is -2.13. The summed E-state index contributed by atoms with van der Waals surface area (Å²) in [4.78, 5) is 0.120. The van der Waals surface area contributed by atoms with Crippen LogP contribution in [0.25, 0.3) is 0 Å². The molecule has 0 spiro atoms. The van der Waals surface area contributed by atoms with Crippen LogP contribution < -0.4 is 14.2 Å². The first-order valence-electron chi connectivity index (χ1n) is 7.56. The topological polar surface area (TPSA) is 64.6 Å². The van der Waals surface area contributed by atoms with Crippen molar-refractivity contribution < 1.29 is 17.9 Å². The van der Waals surface area contributed by atoms with Crippen molar-refractivity contribution in [3.8, 4) is 11.5 Å². The number of benzene rings is 2. The van der Waals surface area contributed by atoms with Gasteiger partial charge in [0, 0.05) is 16.2 Å². The molecule has 0 aliphatic carbocycles. The quantitative estimate of drug-likeness (QED) is 0.732. The van der Waals surface area contributed by atoms with Gasteiger partial charge in [0.15, 0.2) is 11.5 Å². The minimum Gasteiger partial charge on any atom is -0.490 e. The molecule has 130 valence electrons. The lowest BCUT2D eigenvalue weighted by molar-refractivity contribution is 0.287. The maximum absolute atomic E-state index is 12.6. The number of hydrogen-bond donors (Lipinski definition) is 1. The van der Waals surface area contributed by atoms with E-state index < -0.39 is 10.0 Å². The summed E-state index contributed by atoms with van der Waals surface area (Å²) in [6.45, 7) is 6.48. The molecule has 0 atom stereocenters. The molecule has 0 amide bonds. The van der Waals surface area contributed by atoms with Gasteiger partial charge in [0.05, 0.1) is 18.1 Å². The summed E-state index contributed by atoms with van der Waals surface area (Å²) >= 11 is 3.40. The maximum atomic E-state index is 12.6. The van der Waals surface area contributed by atoms with E-state index in [1.54, 1.807) is 24.3 Å². The standard InChI is InChI=1S/C17H20BrNO4S/c1-4-22-16-9-7-14(11-17(16)23-5-2)24(20,21)19-13-6-8-15(18)12(3)10-13/h6-11,19H,4-5H2,1-3H3. The molecule has 0 saturated carbocycles. The van der Waals surface area contributed by atoms with Crippen LogP contribution in [-0.2, 0) is 10.0 Å². The Morgan fingerprint density at radius 1 is 1.00 bits per heavy atom. The van der Waals surface area contributed by atoms with Gasteiger partial charge in [-0.2, -0.15) is 0 Å². The van der Waals surface area contributed by atoms with Crippen LogP contribution in [0.5, 0.6) is 11.5 Å². The van der Waals surface area contributed by atoms with E-state index in [1.165, 1.54) is 12.1 Å². The Hall–Kier alpha value is -1.73. The van der Waals surface area contributed by atoms with Gasteiger partial charge in [-0.3, -0.25) is 4.72 Å². The summed E-state index contributed by atoms with van der Waals surface area (Å²) in [6, 6.07) is 9.85. The number of nitrogens with one attached hydrogen (secondary N) is 1. The molecule has 0 saturated heterocycles. The van der Waals surface area contributed by atoms with E-state index in [-0.39, 0.29) is 4.90 Å². The predicted octanol–water partition coefficient (Wildman–Crippen LogP) is 4.36. The lowest BCUT2D eigenvalue weighted by atomic mass is 10.2. The Labute approximate surface area is 151 Å². The summed E-state index contributed by atoms with van der Waals surface area (Å²) in [5.41, 5.74) is 1.44. The van der Waals surface area contributed by atoms with E-state index in [9.17, 15) is 8.42 Å². The molecule has 0 unspecified atom stereocenters. The van der Waals surface area contributed by atoms with E-state index >= 15 is 0 Å². The molecular weight excluding hydrogens is 394 g/mol. The second-order valence-corrected chi connectivity index (χ2v) is 7.58. The van der Waals surface area contributed by atoms with Crippen molar-refractivity contribution >= 4 is 31.6 Å². The lowest BCUT2D eigenvalue weighted by Gasteiger charge is -2.14. The van der Waals surface area contributed by atoms with Gasteiger partial charge >= 0.3 is 0 Å². The van der Waals surface area contributed by atoms with E-state index in [2.05, 4.69) is 20.7 Å². The first-order chi connectivity index (χ1) is 11.4. The SMILES string of the molecule is CCOc1ccc(S(=O)(=O)Nc2ccc(Br)c(C)c2)cc1OCC. The first kappa shape index (κ1) is 18.6. The van der Waals surface area contributed by atoms with Gasteiger partial charge in [-0.25, -0.2) is 8.42 Å². The van der Waals surface area contributed by atoms with Crippen LogP contribution >= 0.6 is 15.9 Å². The minimum atomic E-state index is -3.72. The molecule has 2 aromatic carbocycles. The zero-order valence-corrected chi connectivity index (χ0v) is 16.2. The van der Waals surface area contributed by atoms with Crippen LogP contribution in [-0.4, -0.2) is 21.6 Å². The molecule has 1 N–H and O–H groups in total. The van der Waals surface area contributed by atoms with Gasteiger partial charge in [-0.15, -0.1) is 0 Å². The number of hydrogen-bond acceptors (Lipinski definition) is 4. The smallest absolute Gasteiger partial charge is 0.262 e. The zero-order valence-electron chi connectivity index (χ0n) is 13.8. The summed E-state index contributed by atoms with van der Waals surface area (Å²) < 4.78 is 39.7. The van der Waals surface area contributed by atoms with Crippen LogP contribution in [0.1, 0.15) is 19.4 Å². The second-order valence-electron chi connectivity index (χ2n) is 5.04. The van der Waals surface area contributed by atoms with Crippen LogP contribution in [0.15, 0.2) is 45.8 Å². The van der Waals surface area contributed by atoms with Crippen LogP contribution in [0, 0.1) is 6.92 Å². The highest BCUT2D eigenvalue weighted by Crippen LogP contribution is 2.31. The molecule has 0 heterocycles. The Morgan fingerprint density at radius 2 is 1.67 bits per heavy atom. The van der Waals surface area contributed by atoms with Crippen molar-refractivity contribution in [2.24, 2.45) is 0 Å². The first-order valence-corrected chi connectivity index (χ1v) is 9.83. The fourth-order valence-electron chi connectivity index (χ4n) is 2.12. The summed E-state index contributed by atoms with van der Waals surface area (Å²) in [5, 5.41) is 0. The highest BCUT2D eigenvalue weighted by atomic mass is 79.9. The molecule has 0 aliphatic heterocycles. The highest BCUT2D eigenvalue weighted by molar-refractivity contribution is 9.10. The molecule has 2 aromatic rings. The van der Waals surface area contributed by atoms with Crippen LogP contribution in [0.2, 0.25) is 0 Å². The molecule has 0 fully saturated rings. The maximum Gasteiger partial charge on any atom is 0.262 e. The van der Waals surface area contributed by atoms with Crippen molar-refractivity contribution in [3.05, 3.63) is 46.4 Å². The Kier molecular flexibility index (Phi) is 6.12. The van der Waals surface area contributed by atoms with Crippen molar-refractivity contribution in [1.82, 2.24) is 0 Å². The largest absolute Gasteiger partial charge is 0.490 e. The Morgan fingerprint density at radius 3 is 2.29 bits per heavy atom. The van der Waals surface area contributed by atoms with Gasteiger partial charge in [0.25, 0.3) is 10.0 Å². The number of ether oxygens (including phenoxy) is 2. The summed E-state index contributed by atoms with van der Waals surface area (Å²) in [7, 11) is -3.72. The average molecular weight is 414 g/mol. The number of halogens is 1. The summed E-state index contributed by atoms with van der Waals surface area (Å²) in [6.07, 6.45) is 0. The molecule has 0 aromatic heterocycles. The molecule has 0 aliphatic rings. The normalized spacial score (nSPS) is 11.2. The predicted molar refractivity (Wildman–Crippen MR) is 98.5 cm³/mol. The number of aryl methyl sites for hydroxylation is 1. The van der Waals surface area contributed by atoms with Crippen molar-refractivity contribution in [2.75, 3.05) is 17.9 Å². The van der Waals surface area contributed by atoms with Gasteiger partial charge in [-0.1, -0.05) is 15.9 Å². The van der Waals surface area contributed by atoms with Crippen molar-refractivity contribution in [1.29, 1.82) is 0 Å². The number of rotatable bonds is 7. The third-order valence-corrected chi connectivity index (χ3v) is 5.50. The third kappa shape index (κ3) is 4.42. The van der Waals surface area contributed by atoms with E-state index in [4.69, 9.17) is 9.47 Å². The van der Waals surface area contributed by atoms with E-state index in [0.29, 0.717) is 30.4 Å². The van der Waals surface area contributed by atoms with Gasteiger partial charge in [-0.05, 0) is 56.7 Å². The van der Waals surface area contributed by atoms with E-state index in [1.807, 2.05) is 20.8 Å². The van der Waals surface area contributed by atoms with Gasteiger partial charge < -0.3 is 9.47 Å². The molecule has 5 nitrogen and oxygen atoms in total. The molecule has 0 radical (unpaired) electrons. The monoisotopic (exact) mass is 413 g/mol. The van der Waals surface area contributed by atoms with Crippen LogP contribution in [0.3, 0.4) is 0 Å². The third-order valence-electron chi connectivity index (χ3n) is 3.24. The second kappa shape index (κ2) is 7.90. The van der Waals surface area contributed by atoms with Gasteiger partial charge in [0.1, 0.15) is 0 Å². The number of sulfonamides is 1. The molecule has 0 bridgehead atoms. The minimum absolute atomic E-state index is 0.120. The highest BCUT2D eigenvalue weighted by Gasteiger charge is 2.18. The van der Waals surface area contributed by atoms with E-state index in [0.717, 1.165) is 10.0 Å². The zero-order chi connectivity index (χ0) is 17.7. The molecule has 7 heteroatoms. The van der Waals surface area contributed by atoms with Crippen molar-refractivity contribution in [3.63, 3.8) is 0 Å².